The van der Waals surface area contributed by atoms with E-state index in [4.69, 9.17) is 16.3 Å². The Balaban J connectivity index is 1.42. The molecule has 1 atom stereocenters. The molecule has 4 aromatic rings. The van der Waals surface area contributed by atoms with Crippen LogP contribution in [0.3, 0.4) is 0 Å². The van der Waals surface area contributed by atoms with Gasteiger partial charge in [0, 0.05) is 28.9 Å². The average Bonchev–Trinajstić information content (AvgIpc) is 3.56. The van der Waals surface area contributed by atoms with Crippen molar-refractivity contribution >= 4 is 39.1 Å². The monoisotopic (exact) mass is 595 g/mol. The molecule has 2 N–H and O–H groups in total. The van der Waals surface area contributed by atoms with E-state index in [0.717, 1.165) is 12.3 Å². The van der Waals surface area contributed by atoms with E-state index >= 15 is 0 Å². The number of amides is 1. The average molecular weight is 596 g/mol. The lowest BCUT2D eigenvalue weighted by molar-refractivity contribution is -0.142. The highest BCUT2D eigenvalue weighted by atomic mass is 35.5. The molecule has 2 aromatic heterocycles. The highest BCUT2D eigenvalue weighted by Gasteiger charge is 2.36. The summed E-state index contributed by atoms with van der Waals surface area (Å²) in [6.45, 7) is -0.0557. The van der Waals surface area contributed by atoms with E-state index in [1.54, 1.807) is 0 Å². The van der Waals surface area contributed by atoms with Crippen molar-refractivity contribution in [1.29, 1.82) is 0 Å². The van der Waals surface area contributed by atoms with Crippen molar-refractivity contribution in [1.82, 2.24) is 18.9 Å². The van der Waals surface area contributed by atoms with Crippen LogP contribution in [0.4, 0.5) is 23.7 Å². The smallest absolute Gasteiger partial charge is 0.404 e. The topological polar surface area (TPSA) is 126 Å². The van der Waals surface area contributed by atoms with E-state index in [1.807, 2.05) is 0 Å². The molecule has 0 bridgehead atoms. The van der Waals surface area contributed by atoms with E-state index < -0.39 is 34.0 Å². The zero-order valence-corrected chi connectivity index (χ0v) is 22.0. The molecule has 2 aromatic carbocycles. The second-order valence-corrected chi connectivity index (χ2v) is 11.2. The van der Waals surface area contributed by atoms with Gasteiger partial charge >= 0.3 is 12.3 Å². The highest BCUT2D eigenvalue weighted by molar-refractivity contribution is 7.89. The molecule has 1 saturated heterocycles. The van der Waals surface area contributed by atoms with Crippen LogP contribution in [0, 0.1) is 0 Å². The molecule has 3 heterocycles. The molecule has 5 rings (SSSR count). The predicted octanol–water partition coefficient (Wildman–Crippen LogP) is 4.82. The summed E-state index contributed by atoms with van der Waals surface area (Å²) >= 11 is 5.89. The fourth-order valence-electron chi connectivity index (χ4n) is 4.41. The number of halogens is 4. The van der Waals surface area contributed by atoms with Gasteiger partial charge in [0.15, 0.2) is 17.1 Å². The molecule has 40 heavy (non-hydrogen) atoms. The first-order chi connectivity index (χ1) is 19.0. The number of hydrogen-bond acceptors (Lipinski definition) is 7. The molecule has 210 valence electrons. The minimum atomic E-state index is -4.80. The van der Waals surface area contributed by atoms with E-state index in [0.29, 0.717) is 27.9 Å². The molecular weight excluding hydrogens is 575 g/mol. The number of anilines is 1. The van der Waals surface area contributed by atoms with Gasteiger partial charge in [-0.15, -0.1) is 0 Å². The largest absolute Gasteiger partial charge is 0.433 e. The number of rotatable bonds is 6. The number of sulfonamides is 1. The van der Waals surface area contributed by atoms with Gasteiger partial charge in [-0.3, -0.25) is 5.32 Å². The zero-order chi connectivity index (χ0) is 28.7. The summed E-state index contributed by atoms with van der Waals surface area (Å²) in [5.41, 5.74) is -1.15. The van der Waals surface area contributed by atoms with Gasteiger partial charge in [0.2, 0.25) is 10.0 Å². The Kier molecular flexibility index (Phi) is 7.44. The Hall–Kier alpha value is -3.72. The van der Waals surface area contributed by atoms with Crippen molar-refractivity contribution < 1.29 is 36.2 Å². The maximum atomic E-state index is 13.8. The molecular formula is C25H21ClF3N5O5S. The van der Waals surface area contributed by atoms with Gasteiger partial charge < -0.3 is 9.84 Å². The number of benzene rings is 2. The van der Waals surface area contributed by atoms with Crippen LogP contribution in [0.5, 0.6) is 5.75 Å². The summed E-state index contributed by atoms with van der Waals surface area (Å²) in [4.78, 5) is 16.8. The third-order valence-corrected chi connectivity index (χ3v) is 8.49. The molecule has 1 fully saturated rings. The van der Waals surface area contributed by atoms with Crippen molar-refractivity contribution in [2.45, 2.75) is 30.0 Å². The molecule has 0 aliphatic carbocycles. The maximum absolute atomic E-state index is 13.8. The quantitative estimate of drug-likeness (QED) is 0.327. The lowest BCUT2D eigenvalue weighted by atomic mass is 10.1. The maximum Gasteiger partial charge on any atom is 0.433 e. The molecule has 15 heteroatoms. The van der Waals surface area contributed by atoms with E-state index in [1.165, 1.54) is 52.8 Å². The summed E-state index contributed by atoms with van der Waals surface area (Å²) in [6, 6.07) is 11.7. The van der Waals surface area contributed by atoms with Crippen molar-refractivity contribution in [2.75, 3.05) is 18.5 Å². The number of carbonyl (C=O) groups is 1. The first kappa shape index (κ1) is 27.8. The zero-order valence-electron chi connectivity index (χ0n) is 20.5. The normalized spacial score (nSPS) is 16.4. The number of aliphatic hydroxyl groups is 1. The van der Waals surface area contributed by atoms with E-state index in [-0.39, 0.29) is 40.8 Å². The van der Waals surface area contributed by atoms with Crippen LogP contribution in [0.25, 0.3) is 16.9 Å². The number of nitrogens with one attached hydrogen (secondary N) is 1. The second-order valence-electron chi connectivity index (χ2n) is 8.91. The Morgan fingerprint density at radius 1 is 1.18 bits per heavy atom. The minimum absolute atomic E-state index is 0.0525. The summed E-state index contributed by atoms with van der Waals surface area (Å²) < 4.78 is 74.6. The lowest BCUT2D eigenvalue weighted by Gasteiger charge is -2.22. The van der Waals surface area contributed by atoms with Crippen molar-refractivity contribution in [3.8, 4) is 17.0 Å². The predicted molar refractivity (Wildman–Crippen MR) is 139 cm³/mol. The van der Waals surface area contributed by atoms with Gasteiger partial charge in [-0.2, -0.15) is 22.6 Å². The molecule has 10 nitrogen and oxygen atoms in total. The summed E-state index contributed by atoms with van der Waals surface area (Å²) in [7, 11) is -3.95. The van der Waals surface area contributed by atoms with Gasteiger partial charge in [0.1, 0.15) is 0 Å². The Bertz CT molecular complexity index is 1680. The van der Waals surface area contributed by atoms with Gasteiger partial charge in [-0.1, -0.05) is 29.8 Å². The second kappa shape index (κ2) is 10.7. The molecule has 1 aliphatic heterocycles. The van der Waals surface area contributed by atoms with Gasteiger partial charge in [0.05, 0.1) is 23.4 Å². The number of aromatic nitrogens is 3. The Morgan fingerprint density at radius 2 is 1.93 bits per heavy atom. The Morgan fingerprint density at radius 3 is 2.62 bits per heavy atom. The molecule has 0 saturated carbocycles. The fraction of sp³-hybridized carbons (Fsp3) is 0.240. The summed E-state index contributed by atoms with van der Waals surface area (Å²) in [5, 5.41) is 16.0. The molecule has 1 aliphatic rings. The van der Waals surface area contributed by atoms with Gasteiger partial charge in [-0.25, -0.2) is 22.7 Å². The number of fused-ring (bicyclic) bond motifs is 1. The van der Waals surface area contributed by atoms with Crippen LogP contribution in [0.1, 0.15) is 18.5 Å². The van der Waals surface area contributed by atoms with Crippen LogP contribution in [-0.2, 0) is 16.2 Å². The summed E-state index contributed by atoms with van der Waals surface area (Å²) in [5.74, 6) is -0.356. The van der Waals surface area contributed by atoms with Crippen LogP contribution in [0.2, 0.25) is 5.02 Å². The highest BCUT2D eigenvalue weighted by Crippen LogP contribution is 2.34. The third-order valence-electron chi connectivity index (χ3n) is 6.29. The minimum Gasteiger partial charge on any atom is -0.404 e. The number of hydrogen-bond donors (Lipinski definition) is 2. The standard InChI is InChI=1S/C25H21ClF3N5O5S/c26-16-8-6-15(7-9-16)20-12-22(25(27,28)29)34-23(32-20)21(13-30-34)39-24(36)31-17-3-1-5-19(11-17)40(37,38)33-10-2-4-18(33)14-35/h1,3,5-9,11-13,18,35H,2,4,10,14H2,(H,31,36)/t18-/m0/s1. The van der Waals surface area contributed by atoms with Gasteiger partial charge in [0.25, 0.3) is 0 Å². The van der Waals surface area contributed by atoms with Crippen LogP contribution < -0.4 is 10.1 Å². The Labute approximate surface area is 231 Å². The van der Waals surface area contributed by atoms with Crippen molar-refractivity contribution in [3.63, 3.8) is 0 Å². The number of ether oxygens (including phenoxy) is 1. The van der Waals surface area contributed by atoms with Gasteiger partial charge in [-0.05, 0) is 49.2 Å². The fourth-order valence-corrected chi connectivity index (χ4v) is 6.26. The number of alkyl halides is 3. The number of carbonyl (C=O) groups excluding carboxylic acids is 1. The number of nitrogens with zero attached hydrogens (tertiary/aromatic N) is 4. The van der Waals surface area contributed by atoms with E-state index in [2.05, 4.69) is 15.4 Å². The van der Waals surface area contributed by atoms with Crippen LogP contribution in [-0.4, -0.2) is 57.7 Å². The van der Waals surface area contributed by atoms with Crippen molar-refractivity contribution in [3.05, 3.63) is 71.5 Å². The summed E-state index contributed by atoms with van der Waals surface area (Å²) in [6.07, 6.45) is -3.84. The molecule has 0 spiro atoms. The molecule has 0 radical (unpaired) electrons. The first-order valence-electron chi connectivity index (χ1n) is 11.9. The van der Waals surface area contributed by atoms with Crippen molar-refractivity contribution in [2.24, 2.45) is 0 Å². The third kappa shape index (κ3) is 5.47. The number of aliphatic hydroxyl groups excluding tert-OH is 1. The van der Waals surface area contributed by atoms with Crippen LogP contribution in [0.15, 0.2) is 65.7 Å². The molecule has 0 unspecified atom stereocenters. The SMILES string of the molecule is O=C(Nc1cccc(S(=O)(=O)N2CCC[C@H]2CO)c1)Oc1cnn2c(C(F)(F)F)cc(-c3ccc(Cl)cc3)nc12. The van der Waals surface area contributed by atoms with Crippen LogP contribution >= 0.6 is 11.6 Å². The first-order valence-corrected chi connectivity index (χ1v) is 13.7. The van der Waals surface area contributed by atoms with E-state index in [9.17, 15) is 31.5 Å². The lowest BCUT2D eigenvalue weighted by Crippen LogP contribution is -2.37. The molecule has 1 amide bonds.